The molecule has 1 N–H and O–H groups in total. The number of hydrogen-bond acceptors (Lipinski definition) is 5. The first-order valence-electron chi connectivity index (χ1n) is 8.79. The van der Waals surface area contributed by atoms with Gasteiger partial charge in [0, 0.05) is 10.0 Å². The second-order valence-corrected chi connectivity index (χ2v) is 10.2. The normalized spacial score (nSPS) is 13.5. The lowest BCUT2D eigenvalue weighted by molar-refractivity contribution is 0.354. The molecule has 0 saturated heterocycles. The molecular formula is C20H22BrN3O3S. The van der Waals surface area contributed by atoms with Crippen molar-refractivity contribution in [1.29, 1.82) is 0 Å². The highest BCUT2D eigenvalue weighted by molar-refractivity contribution is 9.10. The Morgan fingerprint density at radius 2 is 1.64 bits per heavy atom. The van der Waals surface area contributed by atoms with E-state index in [1.165, 1.54) is 17.7 Å². The highest BCUT2D eigenvalue weighted by Gasteiger charge is 2.23. The molecule has 0 fully saturated rings. The first-order chi connectivity index (χ1) is 13.1. The summed E-state index contributed by atoms with van der Waals surface area (Å²) in [5.74, 6) is 0.626. The minimum absolute atomic E-state index is 0.0563. The van der Waals surface area contributed by atoms with E-state index in [0.717, 1.165) is 10.0 Å². The third-order valence-electron chi connectivity index (χ3n) is 4.28. The number of aromatic nitrogens is 2. The predicted molar refractivity (Wildman–Crippen MR) is 111 cm³/mol. The van der Waals surface area contributed by atoms with Gasteiger partial charge in [0.1, 0.15) is 0 Å². The van der Waals surface area contributed by atoms with Crippen LogP contribution in [0.4, 0.5) is 0 Å². The first-order valence-corrected chi connectivity index (χ1v) is 11.1. The van der Waals surface area contributed by atoms with Crippen LogP contribution in [-0.2, 0) is 15.4 Å². The van der Waals surface area contributed by atoms with Crippen LogP contribution >= 0.6 is 15.9 Å². The van der Waals surface area contributed by atoms with Crippen LogP contribution in [0.3, 0.4) is 0 Å². The molecule has 28 heavy (non-hydrogen) atoms. The number of nitrogens with one attached hydrogen (secondary N) is 1. The van der Waals surface area contributed by atoms with Gasteiger partial charge in [-0.3, -0.25) is 0 Å². The second-order valence-electron chi connectivity index (χ2n) is 7.58. The van der Waals surface area contributed by atoms with Gasteiger partial charge >= 0.3 is 0 Å². The minimum Gasteiger partial charge on any atom is -0.337 e. The van der Waals surface area contributed by atoms with E-state index in [-0.39, 0.29) is 16.2 Å². The van der Waals surface area contributed by atoms with Crippen LogP contribution in [-0.4, -0.2) is 18.6 Å². The Morgan fingerprint density at radius 1 is 1.04 bits per heavy atom. The molecule has 0 aliphatic heterocycles. The summed E-state index contributed by atoms with van der Waals surface area (Å²) in [6.45, 7) is 8.10. The van der Waals surface area contributed by atoms with Crippen molar-refractivity contribution in [2.24, 2.45) is 0 Å². The monoisotopic (exact) mass is 463 g/mol. The Bertz CT molecular complexity index is 1050. The average molecular weight is 464 g/mol. The molecule has 3 aromatic rings. The van der Waals surface area contributed by atoms with E-state index in [1.807, 2.05) is 24.3 Å². The van der Waals surface area contributed by atoms with Gasteiger partial charge < -0.3 is 4.52 Å². The number of benzene rings is 2. The molecular weight excluding hydrogens is 442 g/mol. The number of hydrogen-bond donors (Lipinski definition) is 1. The zero-order chi connectivity index (χ0) is 20.5. The summed E-state index contributed by atoms with van der Waals surface area (Å²) in [5, 5.41) is 3.99. The smallest absolute Gasteiger partial charge is 0.244 e. The molecule has 0 aliphatic carbocycles. The fourth-order valence-electron chi connectivity index (χ4n) is 2.61. The molecule has 1 heterocycles. The zero-order valence-corrected chi connectivity index (χ0v) is 18.5. The maximum Gasteiger partial charge on any atom is 0.244 e. The van der Waals surface area contributed by atoms with Gasteiger partial charge in [-0.15, -0.1) is 0 Å². The van der Waals surface area contributed by atoms with Gasteiger partial charge in [-0.2, -0.15) is 9.71 Å². The zero-order valence-electron chi connectivity index (χ0n) is 16.1. The molecule has 0 aliphatic rings. The van der Waals surface area contributed by atoms with Gasteiger partial charge in [-0.1, -0.05) is 66.1 Å². The van der Waals surface area contributed by atoms with E-state index >= 15 is 0 Å². The Morgan fingerprint density at radius 3 is 2.21 bits per heavy atom. The second kappa shape index (κ2) is 7.77. The highest BCUT2D eigenvalue weighted by Crippen LogP contribution is 2.26. The Labute approximate surface area is 173 Å². The predicted octanol–water partition coefficient (Wildman–Crippen LogP) is 4.84. The van der Waals surface area contributed by atoms with Crippen molar-refractivity contribution in [3.8, 4) is 11.4 Å². The summed E-state index contributed by atoms with van der Waals surface area (Å²) < 4.78 is 33.7. The van der Waals surface area contributed by atoms with Crippen molar-refractivity contribution in [3.63, 3.8) is 0 Å². The molecule has 1 aromatic heterocycles. The van der Waals surface area contributed by atoms with Crippen LogP contribution in [0.25, 0.3) is 11.4 Å². The van der Waals surface area contributed by atoms with Gasteiger partial charge in [0.25, 0.3) is 0 Å². The van der Waals surface area contributed by atoms with Crippen molar-refractivity contribution in [2.45, 2.75) is 44.0 Å². The molecule has 2 aromatic carbocycles. The Hall–Kier alpha value is -2.03. The molecule has 0 amide bonds. The quantitative estimate of drug-likeness (QED) is 0.584. The van der Waals surface area contributed by atoms with Crippen LogP contribution < -0.4 is 4.72 Å². The van der Waals surface area contributed by atoms with Crippen molar-refractivity contribution in [1.82, 2.24) is 14.9 Å². The van der Waals surface area contributed by atoms with Crippen molar-refractivity contribution >= 4 is 26.0 Å². The Balaban J connectivity index is 1.77. The topological polar surface area (TPSA) is 85.1 Å². The molecule has 0 spiro atoms. The van der Waals surface area contributed by atoms with Crippen molar-refractivity contribution < 1.29 is 12.9 Å². The van der Waals surface area contributed by atoms with Crippen molar-refractivity contribution in [2.75, 3.05) is 0 Å². The number of halogens is 1. The van der Waals surface area contributed by atoms with Gasteiger partial charge in [-0.25, -0.2) is 8.42 Å². The average Bonchev–Trinajstić information content (AvgIpc) is 3.11. The summed E-state index contributed by atoms with van der Waals surface area (Å²) in [4.78, 5) is 4.52. The minimum atomic E-state index is -3.70. The third-order valence-corrected chi connectivity index (χ3v) is 6.36. The van der Waals surface area contributed by atoms with Crippen LogP contribution in [0, 0.1) is 0 Å². The number of rotatable bonds is 5. The van der Waals surface area contributed by atoms with E-state index in [1.54, 1.807) is 19.1 Å². The summed E-state index contributed by atoms with van der Waals surface area (Å²) in [7, 11) is -3.70. The Kier molecular flexibility index (Phi) is 5.74. The summed E-state index contributed by atoms with van der Waals surface area (Å²) >= 11 is 3.29. The van der Waals surface area contributed by atoms with Crippen LogP contribution in [0.5, 0.6) is 0 Å². The standard InChI is InChI=1S/C20H22BrN3O3S/c1-13(24-28(25,26)17-11-9-16(21)10-12-17)19-22-18(23-27-19)14-5-7-15(8-6-14)20(2,3)4/h5-13,24H,1-4H3. The molecule has 8 heteroatoms. The van der Waals surface area contributed by atoms with E-state index in [2.05, 4.69) is 51.6 Å². The van der Waals surface area contributed by atoms with Gasteiger partial charge in [0.05, 0.1) is 10.9 Å². The first kappa shape index (κ1) is 20.7. The van der Waals surface area contributed by atoms with Crippen LogP contribution in [0.1, 0.15) is 45.2 Å². The highest BCUT2D eigenvalue weighted by atomic mass is 79.9. The summed E-state index contributed by atoms with van der Waals surface area (Å²) in [6.07, 6.45) is 0. The molecule has 148 valence electrons. The fraction of sp³-hybridized carbons (Fsp3) is 0.300. The molecule has 0 radical (unpaired) electrons. The van der Waals surface area contributed by atoms with Crippen molar-refractivity contribution in [3.05, 3.63) is 64.5 Å². The third kappa shape index (κ3) is 4.68. The number of sulfonamides is 1. The van der Waals surface area contributed by atoms with E-state index in [9.17, 15) is 8.42 Å². The lowest BCUT2D eigenvalue weighted by Gasteiger charge is -2.18. The summed E-state index contributed by atoms with van der Waals surface area (Å²) in [6, 6.07) is 13.7. The van der Waals surface area contributed by atoms with Gasteiger partial charge in [0.2, 0.25) is 21.7 Å². The van der Waals surface area contributed by atoms with Gasteiger partial charge in [-0.05, 0) is 42.2 Å². The van der Waals surface area contributed by atoms with Crippen LogP contribution in [0.2, 0.25) is 0 Å². The SMILES string of the molecule is CC(NS(=O)(=O)c1ccc(Br)cc1)c1nc(-c2ccc(C(C)(C)C)cc2)no1. The van der Waals surface area contributed by atoms with E-state index in [4.69, 9.17) is 4.52 Å². The molecule has 1 atom stereocenters. The molecule has 6 nitrogen and oxygen atoms in total. The lowest BCUT2D eigenvalue weighted by atomic mass is 9.87. The summed E-state index contributed by atoms with van der Waals surface area (Å²) in [5.41, 5.74) is 2.07. The molecule has 1 unspecified atom stereocenters. The maximum absolute atomic E-state index is 12.5. The molecule has 0 saturated carbocycles. The maximum atomic E-state index is 12.5. The van der Waals surface area contributed by atoms with Gasteiger partial charge in [0.15, 0.2) is 0 Å². The lowest BCUT2D eigenvalue weighted by Crippen LogP contribution is -2.27. The molecule has 3 rings (SSSR count). The number of nitrogens with zero attached hydrogens (tertiary/aromatic N) is 2. The van der Waals surface area contributed by atoms with Crippen LogP contribution in [0.15, 0.2) is 62.4 Å². The van der Waals surface area contributed by atoms with E-state index < -0.39 is 16.1 Å². The largest absolute Gasteiger partial charge is 0.337 e. The van der Waals surface area contributed by atoms with E-state index in [0.29, 0.717) is 5.82 Å². The fourth-order valence-corrected chi connectivity index (χ4v) is 4.07. The molecule has 0 bridgehead atoms.